The molecule has 0 aliphatic rings. The zero-order chi connectivity index (χ0) is 9.84. The molecule has 0 saturated heterocycles. The largest absolute Gasteiger partial charge is 0.391 e. The Morgan fingerprint density at radius 1 is 1.62 bits per heavy atom. The van der Waals surface area contributed by atoms with Gasteiger partial charge in [-0.3, -0.25) is 0 Å². The average molecular weight is 177 g/mol. The Kier molecular flexibility index (Phi) is 2.96. The summed E-state index contributed by atoms with van der Waals surface area (Å²) in [5.41, 5.74) is 6.74. The van der Waals surface area contributed by atoms with Gasteiger partial charge in [-0.05, 0) is 18.6 Å². The number of nitriles is 1. The van der Waals surface area contributed by atoms with Crippen molar-refractivity contribution in [2.24, 2.45) is 5.73 Å². The highest BCUT2D eigenvalue weighted by molar-refractivity contribution is 5.25. The predicted octanol–water partition coefficient (Wildman–Crippen LogP) is 0.334. The highest BCUT2D eigenvalue weighted by Crippen LogP contribution is 2.12. The lowest BCUT2D eigenvalue weighted by molar-refractivity contribution is 0.164. The first-order chi connectivity index (χ1) is 6.15. The van der Waals surface area contributed by atoms with Crippen LogP contribution in [0.25, 0.3) is 0 Å². The zero-order valence-corrected chi connectivity index (χ0v) is 7.31. The van der Waals surface area contributed by atoms with Crippen molar-refractivity contribution in [3.8, 4) is 6.07 Å². The lowest BCUT2D eigenvalue weighted by Crippen LogP contribution is -2.23. The van der Waals surface area contributed by atoms with E-state index in [1.54, 1.807) is 19.1 Å². The van der Waals surface area contributed by atoms with E-state index >= 15 is 0 Å². The number of aliphatic hydroxyl groups is 1. The van der Waals surface area contributed by atoms with E-state index in [9.17, 15) is 5.11 Å². The van der Waals surface area contributed by atoms with Crippen LogP contribution in [0, 0.1) is 11.3 Å². The topological polar surface area (TPSA) is 82.9 Å². The molecule has 0 aliphatic heterocycles. The van der Waals surface area contributed by atoms with Crippen molar-refractivity contribution in [3.63, 3.8) is 0 Å². The third-order valence-electron chi connectivity index (χ3n) is 1.81. The number of rotatable bonds is 2. The molecule has 0 spiro atoms. The summed E-state index contributed by atoms with van der Waals surface area (Å²) in [5, 5.41) is 17.7. The van der Waals surface area contributed by atoms with Crippen LogP contribution in [-0.4, -0.2) is 16.2 Å². The summed E-state index contributed by atoms with van der Waals surface area (Å²) in [4.78, 5) is 3.85. The van der Waals surface area contributed by atoms with Gasteiger partial charge in [0.2, 0.25) is 0 Å². The van der Waals surface area contributed by atoms with Crippen molar-refractivity contribution < 1.29 is 5.11 Å². The van der Waals surface area contributed by atoms with Crippen LogP contribution >= 0.6 is 0 Å². The van der Waals surface area contributed by atoms with E-state index < -0.39 is 12.1 Å². The molecule has 0 saturated carbocycles. The molecule has 0 amide bonds. The van der Waals surface area contributed by atoms with E-state index in [0.29, 0.717) is 5.69 Å². The standard InChI is InChI=1S/C9H11N3O/c1-6(13)9(11)7-2-3-8(4-10)12-5-7/h2-3,5-6,9,13H,11H2,1H3/t6-,9+/m0/s1. The van der Waals surface area contributed by atoms with Crippen molar-refractivity contribution in [2.75, 3.05) is 0 Å². The monoisotopic (exact) mass is 177 g/mol. The minimum Gasteiger partial charge on any atom is -0.391 e. The number of aromatic nitrogens is 1. The van der Waals surface area contributed by atoms with Gasteiger partial charge >= 0.3 is 0 Å². The Balaban J connectivity index is 2.87. The molecule has 0 aromatic carbocycles. The third kappa shape index (κ3) is 2.25. The molecule has 0 radical (unpaired) electrons. The Hall–Kier alpha value is -1.44. The number of aliphatic hydroxyl groups excluding tert-OH is 1. The highest BCUT2D eigenvalue weighted by atomic mass is 16.3. The van der Waals surface area contributed by atoms with Gasteiger partial charge in [0.05, 0.1) is 12.1 Å². The van der Waals surface area contributed by atoms with Crippen molar-refractivity contribution in [3.05, 3.63) is 29.6 Å². The molecule has 68 valence electrons. The molecule has 4 nitrogen and oxygen atoms in total. The number of hydrogen-bond acceptors (Lipinski definition) is 4. The second-order valence-electron chi connectivity index (χ2n) is 2.85. The van der Waals surface area contributed by atoms with Gasteiger partial charge < -0.3 is 10.8 Å². The maximum atomic E-state index is 9.18. The first kappa shape index (κ1) is 9.65. The molecule has 4 heteroatoms. The van der Waals surface area contributed by atoms with Gasteiger partial charge in [-0.25, -0.2) is 4.98 Å². The maximum Gasteiger partial charge on any atom is 0.140 e. The van der Waals surface area contributed by atoms with Crippen LogP contribution < -0.4 is 5.73 Å². The van der Waals surface area contributed by atoms with E-state index in [0.717, 1.165) is 5.56 Å². The minimum atomic E-state index is -0.616. The summed E-state index contributed by atoms with van der Waals surface area (Å²) in [5.74, 6) is 0. The summed E-state index contributed by atoms with van der Waals surface area (Å²) < 4.78 is 0. The Bertz CT molecular complexity index is 313. The number of nitrogens with zero attached hydrogens (tertiary/aromatic N) is 2. The molecule has 0 unspecified atom stereocenters. The maximum absolute atomic E-state index is 9.18. The summed E-state index contributed by atoms with van der Waals surface area (Å²) in [6, 6.07) is 4.74. The molecule has 1 aromatic rings. The van der Waals surface area contributed by atoms with Gasteiger partial charge in [0.25, 0.3) is 0 Å². The molecule has 0 bridgehead atoms. The van der Waals surface area contributed by atoms with Crippen molar-refractivity contribution in [2.45, 2.75) is 19.1 Å². The van der Waals surface area contributed by atoms with Crippen LogP contribution in [0.1, 0.15) is 24.2 Å². The summed E-state index contributed by atoms with van der Waals surface area (Å²) in [7, 11) is 0. The van der Waals surface area contributed by atoms with E-state index in [4.69, 9.17) is 11.0 Å². The quantitative estimate of drug-likeness (QED) is 0.682. The summed E-state index contributed by atoms with van der Waals surface area (Å²) in [6.07, 6.45) is 0.894. The molecule has 1 rings (SSSR count). The van der Waals surface area contributed by atoms with Crippen LogP contribution in [0.15, 0.2) is 18.3 Å². The lowest BCUT2D eigenvalue weighted by atomic mass is 10.1. The summed E-state index contributed by atoms with van der Waals surface area (Å²) in [6.45, 7) is 1.61. The van der Waals surface area contributed by atoms with E-state index in [1.165, 1.54) is 6.20 Å². The fraction of sp³-hybridized carbons (Fsp3) is 0.333. The molecular formula is C9H11N3O. The third-order valence-corrected chi connectivity index (χ3v) is 1.81. The second kappa shape index (κ2) is 3.99. The SMILES string of the molecule is C[C@H](O)[C@@H](N)c1ccc(C#N)nc1. The molecular weight excluding hydrogens is 166 g/mol. The van der Waals surface area contributed by atoms with Gasteiger partial charge in [-0.1, -0.05) is 6.07 Å². The van der Waals surface area contributed by atoms with Crippen LogP contribution in [-0.2, 0) is 0 Å². The first-order valence-corrected chi connectivity index (χ1v) is 3.95. The smallest absolute Gasteiger partial charge is 0.140 e. The Labute approximate surface area is 76.6 Å². The number of pyridine rings is 1. The van der Waals surface area contributed by atoms with Crippen LogP contribution in [0.4, 0.5) is 0 Å². The Morgan fingerprint density at radius 3 is 2.69 bits per heavy atom. The van der Waals surface area contributed by atoms with Crippen molar-refractivity contribution in [1.82, 2.24) is 4.98 Å². The minimum absolute atomic E-state index is 0.349. The lowest BCUT2D eigenvalue weighted by Gasteiger charge is -2.13. The zero-order valence-electron chi connectivity index (χ0n) is 7.31. The van der Waals surface area contributed by atoms with Crippen molar-refractivity contribution in [1.29, 1.82) is 5.26 Å². The fourth-order valence-electron chi connectivity index (χ4n) is 0.947. The van der Waals surface area contributed by atoms with Gasteiger partial charge in [0.1, 0.15) is 11.8 Å². The predicted molar refractivity (Wildman–Crippen MR) is 47.6 cm³/mol. The van der Waals surface area contributed by atoms with Gasteiger partial charge in [-0.15, -0.1) is 0 Å². The molecule has 1 heterocycles. The van der Waals surface area contributed by atoms with Crippen molar-refractivity contribution >= 4 is 0 Å². The molecule has 0 fully saturated rings. The Morgan fingerprint density at radius 2 is 2.31 bits per heavy atom. The molecule has 1 aromatic heterocycles. The molecule has 2 atom stereocenters. The molecule has 0 aliphatic carbocycles. The van der Waals surface area contributed by atoms with Gasteiger partial charge in [0, 0.05) is 6.20 Å². The number of nitrogens with two attached hydrogens (primary N) is 1. The fourth-order valence-corrected chi connectivity index (χ4v) is 0.947. The highest BCUT2D eigenvalue weighted by Gasteiger charge is 2.11. The van der Waals surface area contributed by atoms with E-state index in [2.05, 4.69) is 4.98 Å². The van der Waals surface area contributed by atoms with Crippen LogP contribution in [0.5, 0.6) is 0 Å². The average Bonchev–Trinajstić information content (AvgIpc) is 2.17. The normalized spacial score (nSPS) is 14.6. The molecule has 3 N–H and O–H groups in total. The first-order valence-electron chi connectivity index (χ1n) is 3.95. The second-order valence-corrected chi connectivity index (χ2v) is 2.85. The van der Waals surface area contributed by atoms with Crippen LogP contribution in [0.3, 0.4) is 0 Å². The number of hydrogen-bond donors (Lipinski definition) is 2. The summed E-state index contributed by atoms with van der Waals surface area (Å²) >= 11 is 0. The van der Waals surface area contributed by atoms with Crippen LogP contribution in [0.2, 0.25) is 0 Å². The van der Waals surface area contributed by atoms with Gasteiger partial charge in [-0.2, -0.15) is 5.26 Å². The van der Waals surface area contributed by atoms with Gasteiger partial charge in [0.15, 0.2) is 0 Å². The molecule has 13 heavy (non-hydrogen) atoms. The van der Waals surface area contributed by atoms with E-state index in [1.807, 2.05) is 6.07 Å². The van der Waals surface area contributed by atoms with E-state index in [-0.39, 0.29) is 0 Å².